The second-order valence-corrected chi connectivity index (χ2v) is 3.80. The zero-order chi connectivity index (χ0) is 11.5. The topological polar surface area (TPSA) is 52.6 Å². The van der Waals surface area contributed by atoms with Crippen molar-refractivity contribution in [2.75, 3.05) is 18.4 Å². The Labute approximate surface area is 92.7 Å². The van der Waals surface area contributed by atoms with Crippen LogP contribution >= 0.6 is 0 Å². The van der Waals surface area contributed by atoms with Gasteiger partial charge >= 0.3 is 6.03 Å². The summed E-state index contributed by atoms with van der Waals surface area (Å²) in [6, 6.07) is 5.62. The third-order valence-electron chi connectivity index (χ3n) is 2.57. The molecule has 1 heterocycles. The normalized spacial score (nSPS) is 19.9. The average Bonchev–Trinajstić information content (AvgIpc) is 2.68. The molecule has 1 saturated heterocycles. The van der Waals surface area contributed by atoms with Gasteiger partial charge in [0.1, 0.15) is 5.82 Å². The summed E-state index contributed by atoms with van der Waals surface area (Å²) in [4.78, 5) is 13.1. The van der Waals surface area contributed by atoms with Crippen molar-refractivity contribution in [3.05, 3.63) is 30.1 Å². The van der Waals surface area contributed by atoms with Gasteiger partial charge < -0.3 is 15.3 Å². The number of carbonyl (C=O) groups excluding carboxylic acids is 1. The van der Waals surface area contributed by atoms with E-state index < -0.39 is 11.9 Å². The molecule has 0 aliphatic carbocycles. The molecule has 1 aliphatic rings. The summed E-state index contributed by atoms with van der Waals surface area (Å²) < 4.78 is 13.2. The third kappa shape index (κ3) is 2.30. The first-order valence-corrected chi connectivity index (χ1v) is 5.15. The van der Waals surface area contributed by atoms with Crippen LogP contribution in [0.1, 0.15) is 6.42 Å². The van der Waals surface area contributed by atoms with Crippen molar-refractivity contribution < 1.29 is 14.3 Å². The Morgan fingerprint density at radius 3 is 2.88 bits per heavy atom. The van der Waals surface area contributed by atoms with E-state index in [2.05, 4.69) is 5.32 Å². The molecule has 86 valence electrons. The van der Waals surface area contributed by atoms with Gasteiger partial charge in [-0.1, -0.05) is 12.1 Å². The number of amides is 2. The van der Waals surface area contributed by atoms with Gasteiger partial charge in [-0.3, -0.25) is 0 Å². The molecule has 0 bridgehead atoms. The van der Waals surface area contributed by atoms with Crippen LogP contribution in [0.3, 0.4) is 0 Å². The van der Waals surface area contributed by atoms with Crippen LogP contribution in [-0.2, 0) is 0 Å². The molecular weight excluding hydrogens is 211 g/mol. The standard InChI is InChI=1S/C11H13FN2O2/c12-9-3-1-2-4-10(9)13-11(16)14-6-5-8(15)7-14/h1-4,8,15H,5-7H2,(H,13,16)/t8-/m1/s1. The fraction of sp³-hybridized carbons (Fsp3) is 0.364. The molecule has 0 unspecified atom stereocenters. The van der Waals surface area contributed by atoms with Crippen LogP contribution in [0.25, 0.3) is 0 Å². The molecule has 2 rings (SSSR count). The first-order chi connectivity index (χ1) is 7.66. The van der Waals surface area contributed by atoms with E-state index in [1.54, 1.807) is 12.1 Å². The minimum atomic E-state index is -0.466. The van der Waals surface area contributed by atoms with Crippen LogP contribution in [0, 0.1) is 5.82 Å². The number of aliphatic hydroxyl groups excluding tert-OH is 1. The van der Waals surface area contributed by atoms with E-state index in [1.165, 1.54) is 17.0 Å². The summed E-state index contributed by atoms with van der Waals surface area (Å²) in [6.45, 7) is 0.807. The number of hydrogen-bond acceptors (Lipinski definition) is 2. The van der Waals surface area contributed by atoms with Crippen LogP contribution in [-0.4, -0.2) is 35.2 Å². The number of halogens is 1. The summed E-state index contributed by atoms with van der Waals surface area (Å²) in [7, 11) is 0. The molecule has 5 heteroatoms. The minimum Gasteiger partial charge on any atom is -0.391 e. The second-order valence-electron chi connectivity index (χ2n) is 3.80. The van der Waals surface area contributed by atoms with Gasteiger partial charge in [0.2, 0.25) is 0 Å². The number of aliphatic hydroxyl groups is 1. The van der Waals surface area contributed by atoms with Crippen molar-refractivity contribution in [2.24, 2.45) is 0 Å². The third-order valence-corrected chi connectivity index (χ3v) is 2.57. The molecule has 2 N–H and O–H groups in total. The van der Waals surface area contributed by atoms with Crippen molar-refractivity contribution in [1.29, 1.82) is 0 Å². The maximum Gasteiger partial charge on any atom is 0.322 e. The first-order valence-electron chi connectivity index (χ1n) is 5.15. The van der Waals surface area contributed by atoms with Crippen molar-refractivity contribution >= 4 is 11.7 Å². The van der Waals surface area contributed by atoms with Gasteiger partial charge in [-0.2, -0.15) is 0 Å². The van der Waals surface area contributed by atoms with E-state index >= 15 is 0 Å². The Morgan fingerprint density at radius 1 is 1.50 bits per heavy atom. The van der Waals surface area contributed by atoms with Crippen molar-refractivity contribution in [3.63, 3.8) is 0 Å². The monoisotopic (exact) mass is 224 g/mol. The van der Waals surface area contributed by atoms with Crippen LogP contribution in [0.5, 0.6) is 0 Å². The molecule has 0 saturated carbocycles. The second kappa shape index (κ2) is 4.49. The molecule has 1 aromatic carbocycles. The highest BCUT2D eigenvalue weighted by atomic mass is 19.1. The van der Waals surface area contributed by atoms with E-state index in [0.29, 0.717) is 19.5 Å². The van der Waals surface area contributed by atoms with Gasteiger partial charge in [0.25, 0.3) is 0 Å². The molecule has 0 spiro atoms. The molecule has 16 heavy (non-hydrogen) atoms. The number of hydrogen-bond donors (Lipinski definition) is 2. The highest BCUT2D eigenvalue weighted by Gasteiger charge is 2.24. The largest absolute Gasteiger partial charge is 0.391 e. The van der Waals surface area contributed by atoms with Crippen LogP contribution in [0.4, 0.5) is 14.9 Å². The van der Waals surface area contributed by atoms with Gasteiger partial charge in [-0.15, -0.1) is 0 Å². The Hall–Kier alpha value is -1.62. The van der Waals surface area contributed by atoms with Crippen molar-refractivity contribution in [2.45, 2.75) is 12.5 Å². The SMILES string of the molecule is O=C(Nc1ccccc1F)N1CC[C@@H](O)C1. The lowest BCUT2D eigenvalue weighted by molar-refractivity contribution is 0.176. The van der Waals surface area contributed by atoms with Crippen LogP contribution in [0.2, 0.25) is 0 Å². The van der Waals surface area contributed by atoms with Crippen LogP contribution < -0.4 is 5.32 Å². The number of rotatable bonds is 1. The van der Waals surface area contributed by atoms with Gasteiger partial charge in [0.15, 0.2) is 0 Å². The summed E-state index contributed by atoms with van der Waals surface area (Å²) in [5, 5.41) is 11.7. The van der Waals surface area contributed by atoms with E-state index in [1.807, 2.05) is 0 Å². The Balaban J connectivity index is 2.00. The zero-order valence-electron chi connectivity index (χ0n) is 8.69. The summed E-state index contributed by atoms with van der Waals surface area (Å²) >= 11 is 0. The predicted octanol–water partition coefficient (Wildman–Crippen LogP) is 1.42. The Bertz CT molecular complexity index is 397. The minimum absolute atomic E-state index is 0.161. The van der Waals surface area contributed by atoms with Gasteiger partial charge in [-0.25, -0.2) is 9.18 Å². The van der Waals surface area contributed by atoms with E-state index in [4.69, 9.17) is 0 Å². The van der Waals surface area contributed by atoms with Gasteiger partial charge in [0.05, 0.1) is 11.8 Å². The first kappa shape index (κ1) is 10.9. The molecule has 1 aliphatic heterocycles. The average molecular weight is 224 g/mol. The molecule has 2 amide bonds. The summed E-state index contributed by atoms with van der Waals surface area (Å²) in [5.74, 6) is -0.462. The number of nitrogens with one attached hydrogen (secondary N) is 1. The molecule has 0 aromatic heterocycles. The number of para-hydroxylation sites is 1. The number of carbonyl (C=O) groups is 1. The Kier molecular flexibility index (Phi) is 3.05. The number of likely N-dealkylation sites (tertiary alicyclic amines) is 1. The molecule has 4 nitrogen and oxygen atoms in total. The fourth-order valence-electron chi connectivity index (χ4n) is 1.68. The lowest BCUT2D eigenvalue weighted by Crippen LogP contribution is -2.33. The number of nitrogens with zero attached hydrogens (tertiary/aromatic N) is 1. The molecule has 1 atom stereocenters. The van der Waals surface area contributed by atoms with E-state index in [9.17, 15) is 14.3 Å². The maximum atomic E-state index is 13.2. The lowest BCUT2D eigenvalue weighted by Gasteiger charge is -2.16. The number of urea groups is 1. The summed E-state index contributed by atoms with van der Waals surface area (Å²) in [5.41, 5.74) is 0.161. The summed E-state index contributed by atoms with van der Waals surface area (Å²) in [6.07, 6.45) is 0.108. The van der Waals surface area contributed by atoms with Gasteiger partial charge in [0, 0.05) is 13.1 Å². The zero-order valence-corrected chi connectivity index (χ0v) is 8.69. The molecule has 1 fully saturated rings. The van der Waals surface area contributed by atoms with E-state index in [0.717, 1.165) is 0 Å². The van der Waals surface area contributed by atoms with Crippen LogP contribution in [0.15, 0.2) is 24.3 Å². The number of β-amino-alcohol motifs (C(OH)–C–C–N with tert-alkyl or cyclic N) is 1. The number of benzene rings is 1. The van der Waals surface area contributed by atoms with E-state index in [-0.39, 0.29) is 11.7 Å². The highest BCUT2D eigenvalue weighted by Crippen LogP contribution is 2.15. The highest BCUT2D eigenvalue weighted by molar-refractivity contribution is 5.89. The number of anilines is 1. The van der Waals surface area contributed by atoms with Crippen molar-refractivity contribution in [3.8, 4) is 0 Å². The maximum absolute atomic E-state index is 13.2. The van der Waals surface area contributed by atoms with Crippen molar-refractivity contribution in [1.82, 2.24) is 4.90 Å². The lowest BCUT2D eigenvalue weighted by atomic mass is 10.3. The molecule has 0 radical (unpaired) electrons. The molecule has 1 aromatic rings. The van der Waals surface area contributed by atoms with Gasteiger partial charge in [-0.05, 0) is 18.6 Å². The molecular formula is C11H13FN2O2. The fourth-order valence-corrected chi connectivity index (χ4v) is 1.68. The Morgan fingerprint density at radius 2 is 2.25 bits per heavy atom. The quantitative estimate of drug-likeness (QED) is 0.758. The smallest absolute Gasteiger partial charge is 0.322 e. The predicted molar refractivity (Wildman–Crippen MR) is 57.6 cm³/mol.